The number of hydrogen-bond donors (Lipinski definition) is 1. The van der Waals surface area contributed by atoms with Gasteiger partial charge in [0.15, 0.2) is 6.61 Å². The van der Waals surface area contributed by atoms with Crippen molar-refractivity contribution in [1.29, 1.82) is 0 Å². The molecule has 0 saturated carbocycles. The molecule has 0 aromatic heterocycles. The van der Waals surface area contributed by atoms with Gasteiger partial charge in [-0.25, -0.2) is 0 Å². The molecule has 1 aliphatic carbocycles. The summed E-state index contributed by atoms with van der Waals surface area (Å²) in [6.07, 6.45) is 4.42. The molecule has 78 valence electrons. The third-order valence-electron chi connectivity index (χ3n) is 1.98. The fraction of sp³-hybridized carbons (Fsp3) is 0.500. The third-order valence-corrected chi connectivity index (χ3v) is 1.98. The summed E-state index contributed by atoms with van der Waals surface area (Å²) in [5.41, 5.74) is 5.66. The predicted molar refractivity (Wildman–Crippen MR) is 56.9 cm³/mol. The molecule has 0 aliphatic heterocycles. The second kappa shape index (κ2) is 6.47. The molecule has 3 nitrogen and oxygen atoms in total. The maximum atomic E-state index is 11.3. The Morgan fingerprint density at radius 2 is 2.43 bits per heavy atom. The first kappa shape index (κ1) is 13.0. The monoisotopic (exact) mass is 215 g/mol. The van der Waals surface area contributed by atoms with Gasteiger partial charge < -0.3 is 10.5 Å². The quantitative estimate of drug-likeness (QED) is 0.423. The Balaban J connectivity index is 0.00000169. The maximum Gasteiger partial charge on any atom is 0.312 e. The van der Waals surface area contributed by atoms with Gasteiger partial charge in [0.2, 0.25) is 0 Å². The molecule has 0 aromatic rings. The Kier molecular flexibility index (Phi) is 6.02. The van der Waals surface area contributed by atoms with Crippen molar-refractivity contribution in [3.05, 3.63) is 12.2 Å². The number of nitrogens with two attached hydrogens (primary N) is 1. The minimum atomic E-state index is -0.250. The summed E-state index contributed by atoms with van der Waals surface area (Å²) in [5.74, 6) is 4.85. The summed E-state index contributed by atoms with van der Waals surface area (Å²) in [4.78, 5) is 11.3. The van der Waals surface area contributed by atoms with E-state index in [-0.39, 0.29) is 36.9 Å². The standard InChI is InChI=1S/C10H13NO2.ClH/c1-2-3-7-13-10(12)8-5-4-6-9(8)11;/h4,6,8-9H,5,7,11H2,1H3;1H/t8-,9+;/m1./s1. The second-order valence-electron chi connectivity index (χ2n) is 2.88. The highest BCUT2D eigenvalue weighted by Crippen LogP contribution is 2.18. The highest BCUT2D eigenvalue weighted by atomic mass is 35.5. The van der Waals surface area contributed by atoms with Gasteiger partial charge in [-0.2, -0.15) is 0 Å². The Labute approximate surface area is 90.1 Å². The van der Waals surface area contributed by atoms with Crippen LogP contribution in [0.4, 0.5) is 0 Å². The lowest BCUT2D eigenvalue weighted by molar-refractivity contribution is -0.146. The van der Waals surface area contributed by atoms with E-state index in [2.05, 4.69) is 11.8 Å². The number of esters is 1. The van der Waals surface area contributed by atoms with Crippen molar-refractivity contribution in [2.45, 2.75) is 19.4 Å². The molecule has 0 spiro atoms. The molecule has 0 radical (unpaired) electrons. The number of carbonyl (C=O) groups is 1. The number of ether oxygens (including phenoxy) is 1. The lowest BCUT2D eigenvalue weighted by atomic mass is 10.0. The van der Waals surface area contributed by atoms with Crippen LogP contribution in [0.25, 0.3) is 0 Å². The van der Waals surface area contributed by atoms with Gasteiger partial charge in [0, 0.05) is 6.04 Å². The van der Waals surface area contributed by atoms with Crippen LogP contribution in [-0.4, -0.2) is 18.6 Å². The van der Waals surface area contributed by atoms with E-state index >= 15 is 0 Å². The first-order valence-electron chi connectivity index (χ1n) is 4.24. The molecule has 0 heterocycles. The Morgan fingerprint density at radius 1 is 1.71 bits per heavy atom. The van der Waals surface area contributed by atoms with E-state index in [1.165, 1.54) is 0 Å². The SMILES string of the molecule is CC#CCOC(=O)[C@@H]1CC=C[C@@H]1N.Cl. The van der Waals surface area contributed by atoms with E-state index in [0.29, 0.717) is 6.42 Å². The van der Waals surface area contributed by atoms with Gasteiger partial charge in [0.25, 0.3) is 0 Å². The summed E-state index contributed by atoms with van der Waals surface area (Å²) >= 11 is 0. The summed E-state index contributed by atoms with van der Waals surface area (Å²) in [7, 11) is 0. The molecule has 0 amide bonds. The summed E-state index contributed by atoms with van der Waals surface area (Å²) in [5, 5.41) is 0. The van der Waals surface area contributed by atoms with Crippen LogP contribution in [-0.2, 0) is 9.53 Å². The van der Waals surface area contributed by atoms with Crippen LogP contribution < -0.4 is 5.73 Å². The first-order chi connectivity index (χ1) is 6.25. The van der Waals surface area contributed by atoms with Crippen LogP contribution in [0, 0.1) is 17.8 Å². The normalized spacial score (nSPS) is 23.3. The molecule has 14 heavy (non-hydrogen) atoms. The van der Waals surface area contributed by atoms with Gasteiger partial charge in [0.05, 0.1) is 5.92 Å². The molecule has 0 fully saturated rings. The van der Waals surface area contributed by atoms with Gasteiger partial charge in [-0.3, -0.25) is 4.79 Å². The molecule has 0 unspecified atom stereocenters. The van der Waals surface area contributed by atoms with Crippen LogP contribution in [0.2, 0.25) is 0 Å². The van der Waals surface area contributed by atoms with E-state index in [1.54, 1.807) is 6.92 Å². The van der Waals surface area contributed by atoms with Gasteiger partial charge >= 0.3 is 5.97 Å². The number of carbonyl (C=O) groups excluding carboxylic acids is 1. The lowest BCUT2D eigenvalue weighted by Gasteiger charge is -2.12. The number of allylic oxidation sites excluding steroid dienone is 1. The predicted octanol–water partition coefficient (Wildman–Crippen LogP) is 0.878. The van der Waals surface area contributed by atoms with Crippen LogP contribution in [0.15, 0.2) is 12.2 Å². The highest BCUT2D eigenvalue weighted by molar-refractivity contribution is 5.85. The number of hydrogen-bond acceptors (Lipinski definition) is 3. The maximum absolute atomic E-state index is 11.3. The number of halogens is 1. The average Bonchev–Trinajstić information content (AvgIpc) is 2.52. The first-order valence-corrected chi connectivity index (χ1v) is 4.24. The smallest absolute Gasteiger partial charge is 0.312 e. The largest absolute Gasteiger partial charge is 0.452 e. The molecule has 0 bridgehead atoms. The van der Waals surface area contributed by atoms with Crippen LogP contribution in [0.1, 0.15) is 13.3 Å². The Hall–Kier alpha value is -0.980. The zero-order valence-corrected chi connectivity index (χ0v) is 8.84. The van der Waals surface area contributed by atoms with E-state index in [0.717, 1.165) is 0 Å². The average molecular weight is 216 g/mol. The highest BCUT2D eigenvalue weighted by Gasteiger charge is 2.27. The van der Waals surface area contributed by atoms with Crippen LogP contribution in [0.5, 0.6) is 0 Å². The van der Waals surface area contributed by atoms with E-state index in [9.17, 15) is 4.79 Å². The Morgan fingerprint density at radius 3 is 2.93 bits per heavy atom. The summed E-state index contributed by atoms with van der Waals surface area (Å²) in [6.45, 7) is 1.87. The topological polar surface area (TPSA) is 52.3 Å². The van der Waals surface area contributed by atoms with Crippen molar-refractivity contribution in [3.63, 3.8) is 0 Å². The molecular formula is C10H14ClNO2. The molecule has 1 rings (SSSR count). The molecule has 1 aliphatic rings. The minimum absolute atomic E-state index is 0. The van der Waals surface area contributed by atoms with Crippen LogP contribution >= 0.6 is 12.4 Å². The zero-order chi connectivity index (χ0) is 9.68. The summed E-state index contributed by atoms with van der Waals surface area (Å²) in [6, 6.07) is -0.193. The third kappa shape index (κ3) is 3.41. The lowest BCUT2D eigenvalue weighted by Crippen LogP contribution is -2.32. The van der Waals surface area contributed by atoms with E-state index in [4.69, 9.17) is 10.5 Å². The van der Waals surface area contributed by atoms with Crippen LogP contribution in [0.3, 0.4) is 0 Å². The fourth-order valence-corrected chi connectivity index (χ4v) is 1.21. The molecule has 2 N–H and O–H groups in total. The van der Waals surface area contributed by atoms with E-state index < -0.39 is 0 Å². The van der Waals surface area contributed by atoms with Gasteiger partial charge in [-0.05, 0) is 13.3 Å². The van der Waals surface area contributed by atoms with Gasteiger partial charge in [0.1, 0.15) is 0 Å². The molecule has 0 saturated heterocycles. The van der Waals surface area contributed by atoms with Crippen molar-refractivity contribution >= 4 is 18.4 Å². The fourth-order valence-electron chi connectivity index (χ4n) is 1.21. The molecule has 2 atom stereocenters. The zero-order valence-electron chi connectivity index (χ0n) is 8.03. The van der Waals surface area contributed by atoms with Crippen molar-refractivity contribution < 1.29 is 9.53 Å². The molecular weight excluding hydrogens is 202 g/mol. The molecule has 0 aromatic carbocycles. The molecule has 4 heteroatoms. The van der Waals surface area contributed by atoms with Crippen molar-refractivity contribution in [2.24, 2.45) is 11.7 Å². The van der Waals surface area contributed by atoms with Crippen molar-refractivity contribution in [2.75, 3.05) is 6.61 Å². The van der Waals surface area contributed by atoms with Gasteiger partial charge in [-0.15, -0.1) is 18.3 Å². The van der Waals surface area contributed by atoms with Crippen molar-refractivity contribution in [1.82, 2.24) is 0 Å². The second-order valence-corrected chi connectivity index (χ2v) is 2.88. The number of rotatable bonds is 2. The van der Waals surface area contributed by atoms with Crippen molar-refractivity contribution in [3.8, 4) is 11.8 Å². The Bertz CT molecular complexity index is 278. The summed E-state index contributed by atoms with van der Waals surface area (Å²) < 4.78 is 4.90. The minimum Gasteiger partial charge on any atom is -0.452 e. The van der Waals surface area contributed by atoms with Gasteiger partial charge in [-0.1, -0.05) is 18.1 Å². The van der Waals surface area contributed by atoms with E-state index in [1.807, 2.05) is 12.2 Å².